The van der Waals surface area contributed by atoms with E-state index in [9.17, 15) is 0 Å². The number of aromatic nitrogens is 2. The fraction of sp³-hybridized carbons (Fsp3) is 0.750. The van der Waals surface area contributed by atoms with Gasteiger partial charge in [0.15, 0.2) is 0 Å². The largest absolute Gasteiger partial charge is 0.383 e. The average Bonchev–Trinajstić information content (AvgIpc) is 2.98. The van der Waals surface area contributed by atoms with E-state index in [2.05, 4.69) is 17.3 Å². The maximum Gasteiger partial charge on any atom is 0.0618 e. The van der Waals surface area contributed by atoms with Crippen LogP contribution in [0.15, 0.2) is 18.5 Å². The molecular formula is C12H21N3O. The Hall–Kier alpha value is -0.870. The molecule has 1 fully saturated rings. The number of nitrogens with one attached hydrogen (secondary N) is 1. The Balaban J connectivity index is 1.78. The highest BCUT2D eigenvalue weighted by Gasteiger charge is 2.31. The summed E-state index contributed by atoms with van der Waals surface area (Å²) in [5, 5.41) is 7.85. The number of ether oxygens (including phenoxy) is 1. The Morgan fingerprint density at radius 1 is 1.56 bits per heavy atom. The molecule has 0 amide bonds. The minimum atomic E-state index is 0.431. The Bertz CT molecular complexity index is 295. The summed E-state index contributed by atoms with van der Waals surface area (Å²) in [5.74, 6) is 0.819. The van der Waals surface area contributed by atoms with E-state index in [0.29, 0.717) is 12.1 Å². The third-order valence-corrected chi connectivity index (χ3v) is 3.06. The van der Waals surface area contributed by atoms with Gasteiger partial charge in [-0.1, -0.05) is 0 Å². The summed E-state index contributed by atoms with van der Waals surface area (Å²) in [5.41, 5.74) is 0. The number of methoxy groups -OCH3 is 1. The van der Waals surface area contributed by atoms with Crippen molar-refractivity contribution in [3.8, 4) is 0 Å². The predicted octanol–water partition coefficient (Wildman–Crippen LogP) is 1.29. The van der Waals surface area contributed by atoms with Crippen molar-refractivity contribution in [1.82, 2.24) is 15.1 Å². The molecule has 1 aliphatic rings. The fourth-order valence-electron chi connectivity index (χ4n) is 2.11. The lowest BCUT2D eigenvalue weighted by atomic mass is 10.1. The minimum Gasteiger partial charge on any atom is -0.383 e. The van der Waals surface area contributed by atoms with Gasteiger partial charge in [0.1, 0.15) is 0 Å². The molecule has 2 atom stereocenters. The maximum atomic E-state index is 5.26. The standard InChI is InChI=1S/C12H21N3O/c1-10(8-15-7-3-6-13-15)14-12(9-16-2)11-4-5-11/h3,6-7,10-12,14H,4-5,8-9H2,1-2H3. The molecule has 0 bridgehead atoms. The lowest BCUT2D eigenvalue weighted by molar-refractivity contribution is 0.150. The van der Waals surface area contributed by atoms with Gasteiger partial charge in [0.25, 0.3) is 0 Å². The predicted molar refractivity (Wildman–Crippen MR) is 63.2 cm³/mol. The van der Waals surface area contributed by atoms with Crippen LogP contribution < -0.4 is 5.32 Å². The second kappa shape index (κ2) is 5.46. The van der Waals surface area contributed by atoms with Gasteiger partial charge >= 0.3 is 0 Å². The van der Waals surface area contributed by atoms with Crippen LogP contribution >= 0.6 is 0 Å². The van der Waals surface area contributed by atoms with Crippen LogP contribution in [0.1, 0.15) is 19.8 Å². The van der Waals surface area contributed by atoms with Gasteiger partial charge < -0.3 is 10.1 Å². The highest BCUT2D eigenvalue weighted by Crippen LogP contribution is 2.32. The molecule has 90 valence electrons. The maximum absolute atomic E-state index is 5.26. The Morgan fingerprint density at radius 2 is 2.38 bits per heavy atom. The lowest BCUT2D eigenvalue weighted by Crippen LogP contribution is -2.43. The van der Waals surface area contributed by atoms with Crippen molar-refractivity contribution < 1.29 is 4.74 Å². The van der Waals surface area contributed by atoms with E-state index in [4.69, 9.17) is 4.74 Å². The van der Waals surface area contributed by atoms with E-state index in [1.165, 1.54) is 12.8 Å². The first kappa shape index (κ1) is 11.6. The van der Waals surface area contributed by atoms with Crippen LogP contribution in [0.5, 0.6) is 0 Å². The topological polar surface area (TPSA) is 39.1 Å². The SMILES string of the molecule is COCC(NC(C)Cn1cccn1)C1CC1. The van der Waals surface area contributed by atoms with Crippen molar-refractivity contribution in [3.63, 3.8) is 0 Å². The zero-order valence-corrected chi connectivity index (χ0v) is 10.1. The quantitative estimate of drug-likeness (QED) is 0.757. The first-order chi connectivity index (χ1) is 7.79. The highest BCUT2D eigenvalue weighted by atomic mass is 16.5. The zero-order chi connectivity index (χ0) is 11.4. The molecule has 0 aliphatic heterocycles. The van der Waals surface area contributed by atoms with E-state index in [0.717, 1.165) is 19.1 Å². The van der Waals surface area contributed by atoms with Gasteiger partial charge in [-0.15, -0.1) is 0 Å². The van der Waals surface area contributed by atoms with Gasteiger partial charge in [0.05, 0.1) is 13.2 Å². The molecule has 0 aromatic carbocycles. The molecule has 16 heavy (non-hydrogen) atoms. The van der Waals surface area contributed by atoms with Crippen LogP contribution in [0.25, 0.3) is 0 Å². The summed E-state index contributed by atoms with van der Waals surface area (Å²) in [6.07, 6.45) is 6.51. The van der Waals surface area contributed by atoms with E-state index in [-0.39, 0.29) is 0 Å². The smallest absolute Gasteiger partial charge is 0.0618 e. The molecule has 1 saturated carbocycles. The van der Waals surface area contributed by atoms with E-state index < -0.39 is 0 Å². The van der Waals surface area contributed by atoms with Gasteiger partial charge in [0.2, 0.25) is 0 Å². The van der Waals surface area contributed by atoms with Crippen molar-refractivity contribution in [1.29, 1.82) is 0 Å². The molecular weight excluding hydrogens is 202 g/mol. The first-order valence-electron chi connectivity index (χ1n) is 6.02. The Labute approximate surface area is 97.0 Å². The molecule has 0 saturated heterocycles. The van der Waals surface area contributed by atoms with Crippen molar-refractivity contribution >= 4 is 0 Å². The molecule has 4 heteroatoms. The molecule has 1 N–H and O–H groups in total. The third kappa shape index (κ3) is 3.32. The average molecular weight is 223 g/mol. The summed E-state index contributed by atoms with van der Waals surface area (Å²) in [6, 6.07) is 2.90. The number of rotatable bonds is 7. The molecule has 1 aromatic rings. The van der Waals surface area contributed by atoms with Crippen LogP contribution in [0.4, 0.5) is 0 Å². The van der Waals surface area contributed by atoms with Gasteiger partial charge in [-0.05, 0) is 31.7 Å². The van der Waals surface area contributed by atoms with E-state index in [1.807, 2.05) is 23.1 Å². The molecule has 1 aromatic heterocycles. The second-order valence-electron chi connectivity index (χ2n) is 4.70. The van der Waals surface area contributed by atoms with Gasteiger partial charge in [-0.3, -0.25) is 4.68 Å². The molecule has 0 spiro atoms. The monoisotopic (exact) mass is 223 g/mol. The van der Waals surface area contributed by atoms with Crippen molar-refractivity contribution in [2.45, 2.75) is 38.4 Å². The summed E-state index contributed by atoms with van der Waals surface area (Å²) >= 11 is 0. The molecule has 2 unspecified atom stereocenters. The number of hydrogen-bond donors (Lipinski definition) is 1. The summed E-state index contributed by atoms with van der Waals surface area (Å²) < 4.78 is 7.22. The molecule has 1 heterocycles. The van der Waals surface area contributed by atoms with Gasteiger partial charge in [-0.2, -0.15) is 5.10 Å². The molecule has 2 rings (SSSR count). The summed E-state index contributed by atoms with van der Waals surface area (Å²) in [6.45, 7) is 3.93. The molecule has 0 radical (unpaired) electrons. The number of hydrogen-bond acceptors (Lipinski definition) is 3. The van der Waals surface area contributed by atoms with Crippen LogP contribution in [0, 0.1) is 5.92 Å². The third-order valence-electron chi connectivity index (χ3n) is 3.06. The minimum absolute atomic E-state index is 0.431. The Kier molecular flexibility index (Phi) is 3.96. The summed E-state index contributed by atoms with van der Waals surface area (Å²) in [4.78, 5) is 0. The van der Waals surface area contributed by atoms with Crippen molar-refractivity contribution in [3.05, 3.63) is 18.5 Å². The molecule has 4 nitrogen and oxygen atoms in total. The van der Waals surface area contributed by atoms with Gasteiger partial charge in [0, 0.05) is 31.6 Å². The van der Waals surface area contributed by atoms with Crippen LogP contribution in [0.3, 0.4) is 0 Å². The van der Waals surface area contributed by atoms with E-state index in [1.54, 1.807) is 7.11 Å². The van der Waals surface area contributed by atoms with Crippen molar-refractivity contribution in [2.75, 3.05) is 13.7 Å². The zero-order valence-electron chi connectivity index (χ0n) is 10.1. The molecule has 1 aliphatic carbocycles. The van der Waals surface area contributed by atoms with E-state index >= 15 is 0 Å². The van der Waals surface area contributed by atoms with Crippen LogP contribution in [0.2, 0.25) is 0 Å². The second-order valence-corrected chi connectivity index (χ2v) is 4.70. The van der Waals surface area contributed by atoms with Gasteiger partial charge in [-0.25, -0.2) is 0 Å². The highest BCUT2D eigenvalue weighted by molar-refractivity contribution is 4.88. The fourth-order valence-corrected chi connectivity index (χ4v) is 2.11. The first-order valence-corrected chi connectivity index (χ1v) is 6.02. The lowest BCUT2D eigenvalue weighted by Gasteiger charge is -2.22. The van der Waals surface area contributed by atoms with Crippen molar-refractivity contribution in [2.24, 2.45) is 5.92 Å². The number of nitrogens with zero attached hydrogens (tertiary/aromatic N) is 2. The van der Waals surface area contributed by atoms with Crippen LogP contribution in [-0.4, -0.2) is 35.6 Å². The normalized spacial score (nSPS) is 19.6. The Morgan fingerprint density at radius 3 is 2.94 bits per heavy atom. The summed E-state index contributed by atoms with van der Waals surface area (Å²) in [7, 11) is 1.77. The van der Waals surface area contributed by atoms with Crippen LogP contribution in [-0.2, 0) is 11.3 Å².